The first kappa shape index (κ1) is 11.0. The van der Waals surface area contributed by atoms with Gasteiger partial charge in [0.15, 0.2) is 12.0 Å². The summed E-state index contributed by atoms with van der Waals surface area (Å²) in [5.41, 5.74) is 11.0. The van der Waals surface area contributed by atoms with E-state index in [2.05, 4.69) is 23.2 Å². The van der Waals surface area contributed by atoms with Gasteiger partial charge >= 0.3 is 0 Å². The molecule has 2 N–H and O–H groups in total. The van der Waals surface area contributed by atoms with Gasteiger partial charge in [-0.1, -0.05) is 30.3 Å². The van der Waals surface area contributed by atoms with Crippen LogP contribution in [0.4, 0.5) is 0 Å². The van der Waals surface area contributed by atoms with Gasteiger partial charge in [-0.15, -0.1) is 0 Å². The summed E-state index contributed by atoms with van der Waals surface area (Å²) < 4.78 is 5.31. The van der Waals surface area contributed by atoms with Gasteiger partial charge in [0.1, 0.15) is 5.52 Å². The van der Waals surface area contributed by atoms with E-state index in [9.17, 15) is 0 Å². The number of oxazole rings is 1. The number of hydrogen-bond acceptors (Lipinski definition) is 3. The van der Waals surface area contributed by atoms with E-state index in [-0.39, 0.29) is 0 Å². The minimum absolute atomic E-state index is 0.578. The SMILES string of the molecule is NCc1cccc(Cc2ccc3ncoc3c2)c1. The van der Waals surface area contributed by atoms with Crippen molar-refractivity contribution >= 4 is 11.1 Å². The fourth-order valence-corrected chi connectivity index (χ4v) is 2.11. The molecule has 0 fully saturated rings. The molecule has 0 amide bonds. The van der Waals surface area contributed by atoms with Crippen LogP contribution in [0.3, 0.4) is 0 Å². The van der Waals surface area contributed by atoms with Crippen LogP contribution in [0.15, 0.2) is 53.3 Å². The molecule has 3 heteroatoms. The number of fused-ring (bicyclic) bond motifs is 1. The first-order chi connectivity index (χ1) is 8.85. The van der Waals surface area contributed by atoms with E-state index in [1.54, 1.807) is 0 Å². The summed E-state index contributed by atoms with van der Waals surface area (Å²) in [6.45, 7) is 0.578. The first-order valence-corrected chi connectivity index (χ1v) is 5.95. The molecule has 0 spiro atoms. The largest absolute Gasteiger partial charge is 0.443 e. The molecule has 3 rings (SSSR count). The molecule has 1 aromatic heterocycles. The lowest BCUT2D eigenvalue weighted by Gasteiger charge is -2.04. The lowest BCUT2D eigenvalue weighted by molar-refractivity contribution is 0.602. The van der Waals surface area contributed by atoms with E-state index in [1.807, 2.05) is 24.3 Å². The zero-order valence-electron chi connectivity index (χ0n) is 9.97. The lowest BCUT2D eigenvalue weighted by atomic mass is 10.0. The molecule has 3 nitrogen and oxygen atoms in total. The smallest absolute Gasteiger partial charge is 0.181 e. The molecule has 0 saturated heterocycles. The molecule has 0 saturated carbocycles. The number of hydrogen-bond donors (Lipinski definition) is 1. The van der Waals surface area contributed by atoms with Crippen molar-refractivity contribution in [2.45, 2.75) is 13.0 Å². The van der Waals surface area contributed by atoms with Gasteiger partial charge < -0.3 is 10.2 Å². The van der Waals surface area contributed by atoms with E-state index in [0.29, 0.717) is 6.54 Å². The van der Waals surface area contributed by atoms with Gasteiger partial charge in [0.2, 0.25) is 0 Å². The van der Waals surface area contributed by atoms with E-state index in [1.165, 1.54) is 17.5 Å². The van der Waals surface area contributed by atoms with Crippen molar-refractivity contribution in [2.24, 2.45) is 5.73 Å². The van der Waals surface area contributed by atoms with E-state index < -0.39 is 0 Å². The van der Waals surface area contributed by atoms with Crippen LogP contribution in [0.2, 0.25) is 0 Å². The van der Waals surface area contributed by atoms with Crippen molar-refractivity contribution in [3.63, 3.8) is 0 Å². The predicted molar refractivity (Wildman–Crippen MR) is 71.1 cm³/mol. The third kappa shape index (κ3) is 2.13. The van der Waals surface area contributed by atoms with Gasteiger partial charge in [0.25, 0.3) is 0 Å². The Morgan fingerprint density at radius 3 is 2.72 bits per heavy atom. The molecule has 0 unspecified atom stereocenters. The van der Waals surface area contributed by atoms with Gasteiger partial charge in [-0.05, 0) is 35.2 Å². The fourth-order valence-electron chi connectivity index (χ4n) is 2.11. The van der Waals surface area contributed by atoms with Crippen LogP contribution < -0.4 is 5.73 Å². The summed E-state index contributed by atoms with van der Waals surface area (Å²) >= 11 is 0. The predicted octanol–water partition coefficient (Wildman–Crippen LogP) is 2.88. The van der Waals surface area contributed by atoms with Crippen molar-refractivity contribution in [1.29, 1.82) is 0 Å². The molecule has 0 aliphatic rings. The summed E-state index contributed by atoms with van der Waals surface area (Å²) in [7, 11) is 0. The number of aromatic nitrogens is 1. The number of benzene rings is 2. The molecule has 1 heterocycles. The Balaban J connectivity index is 1.90. The maximum absolute atomic E-state index is 5.65. The molecule has 0 aliphatic carbocycles. The zero-order chi connectivity index (χ0) is 12.4. The van der Waals surface area contributed by atoms with E-state index in [4.69, 9.17) is 10.2 Å². The summed E-state index contributed by atoms with van der Waals surface area (Å²) in [6, 6.07) is 14.5. The lowest BCUT2D eigenvalue weighted by Crippen LogP contribution is -1.97. The van der Waals surface area contributed by atoms with Gasteiger partial charge in [-0.25, -0.2) is 4.98 Å². The highest BCUT2D eigenvalue weighted by molar-refractivity contribution is 5.72. The molecular formula is C15H14N2O. The van der Waals surface area contributed by atoms with Crippen LogP contribution in [0.5, 0.6) is 0 Å². The second kappa shape index (κ2) is 4.63. The Morgan fingerprint density at radius 2 is 1.83 bits per heavy atom. The van der Waals surface area contributed by atoms with E-state index in [0.717, 1.165) is 23.1 Å². The van der Waals surface area contributed by atoms with Crippen molar-refractivity contribution in [3.05, 3.63) is 65.5 Å². The standard InChI is InChI=1S/C15H14N2O/c16-9-13-3-1-2-11(7-13)6-12-4-5-14-15(8-12)18-10-17-14/h1-5,7-8,10H,6,9,16H2. The third-order valence-corrected chi connectivity index (χ3v) is 3.03. The molecular weight excluding hydrogens is 224 g/mol. The van der Waals surface area contributed by atoms with Crippen LogP contribution in [0, 0.1) is 0 Å². The Kier molecular flexibility index (Phi) is 2.82. The number of nitrogens with two attached hydrogens (primary N) is 1. The fraction of sp³-hybridized carbons (Fsp3) is 0.133. The minimum Gasteiger partial charge on any atom is -0.443 e. The highest BCUT2D eigenvalue weighted by Crippen LogP contribution is 2.17. The first-order valence-electron chi connectivity index (χ1n) is 5.95. The average Bonchev–Trinajstić information content (AvgIpc) is 2.86. The molecule has 0 bridgehead atoms. The van der Waals surface area contributed by atoms with Gasteiger partial charge in [-0.3, -0.25) is 0 Å². The molecule has 2 aromatic carbocycles. The molecule has 18 heavy (non-hydrogen) atoms. The van der Waals surface area contributed by atoms with Crippen molar-refractivity contribution in [1.82, 2.24) is 4.98 Å². The van der Waals surface area contributed by atoms with Crippen LogP contribution in [-0.4, -0.2) is 4.98 Å². The summed E-state index contributed by atoms with van der Waals surface area (Å²) in [5.74, 6) is 0. The van der Waals surface area contributed by atoms with Crippen molar-refractivity contribution in [2.75, 3.05) is 0 Å². The van der Waals surface area contributed by atoms with Crippen LogP contribution in [-0.2, 0) is 13.0 Å². The molecule has 0 radical (unpaired) electrons. The highest BCUT2D eigenvalue weighted by atomic mass is 16.3. The second-order valence-electron chi connectivity index (χ2n) is 4.36. The quantitative estimate of drug-likeness (QED) is 0.763. The van der Waals surface area contributed by atoms with Crippen LogP contribution in [0.25, 0.3) is 11.1 Å². The van der Waals surface area contributed by atoms with E-state index >= 15 is 0 Å². The maximum Gasteiger partial charge on any atom is 0.181 e. The summed E-state index contributed by atoms with van der Waals surface area (Å²) in [5, 5.41) is 0. The second-order valence-corrected chi connectivity index (χ2v) is 4.36. The topological polar surface area (TPSA) is 52.0 Å². The summed E-state index contributed by atoms with van der Waals surface area (Å²) in [6.07, 6.45) is 2.36. The maximum atomic E-state index is 5.65. The monoisotopic (exact) mass is 238 g/mol. The Morgan fingerprint density at radius 1 is 1.00 bits per heavy atom. The van der Waals surface area contributed by atoms with Crippen LogP contribution >= 0.6 is 0 Å². The van der Waals surface area contributed by atoms with Crippen molar-refractivity contribution in [3.8, 4) is 0 Å². The Bertz CT molecular complexity index is 673. The van der Waals surface area contributed by atoms with Gasteiger partial charge in [0.05, 0.1) is 0 Å². The van der Waals surface area contributed by atoms with Gasteiger partial charge in [-0.2, -0.15) is 0 Å². The Labute approximate surface area is 105 Å². The minimum atomic E-state index is 0.578. The number of rotatable bonds is 3. The third-order valence-electron chi connectivity index (χ3n) is 3.03. The zero-order valence-corrected chi connectivity index (χ0v) is 9.97. The Hall–Kier alpha value is -2.13. The average molecular weight is 238 g/mol. The van der Waals surface area contributed by atoms with Crippen molar-refractivity contribution < 1.29 is 4.42 Å². The van der Waals surface area contributed by atoms with Gasteiger partial charge in [0, 0.05) is 6.54 Å². The molecule has 3 aromatic rings. The molecule has 0 atom stereocenters. The molecule has 90 valence electrons. The van der Waals surface area contributed by atoms with Crippen LogP contribution in [0.1, 0.15) is 16.7 Å². The number of nitrogens with zero attached hydrogens (tertiary/aromatic N) is 1. The normalized spacial score (nSPS) is 10.9. The summed E-state index contributed by atoms with van der Waals surface area (Å²) in [4.78, 5) is 4.11. The highest BCUT2D eigenvalue weighted by Gasteiger charge is 2.02. The molecule has 0 aliphatic heterocycles.